The van der Waals surface area contributed by atoms with Gasteiger partial charge in [-0.25, -0.2) is 0 Å². The van der Waals surface area contributed by atoms with Gasteiger partial charge in [0.05, 0.1) is 0 Å². The summed E-state index contributed by atoms with van der Waals surface area (Å²) in [4.78, 5) is 0. The molecule has 0 N–H and O–H groups in total. The van der Waals surface area contributed by atoms with Gasteiger partial charge in [-0.15, -0.1) is 0 Å². The van der Waals surface area contributed by atoms with Crippen LogP contribution in [0.25, 0.3) is 10.8 Å². The minimum atomic E-state index is -0.000169. The van der Waals surface area contributed by atoms with Crippen LogP contribution in [0, 0.1) is 0 Å². The molecule has 0 heterocycles. The molecule has 3 aromatic rings. The lowest BCUT2D eigenvalue weighted by molar-refractivity contribution is 0.500. The third kappa shape index (κ3) is 4.89. The summed E-state index contributed by atoms with van der Waals surface area (Å²) in [5.74, 6) is 1.06. The van der Waals surface area contributed by atoms with Crippen LogP contribution in [0.5, 0.6) is 5.75 Å². The molecule has 0 amide bonds. The van der Waals surface area contributed by atoms with E-state index in [1.165, 1.54) is 32.8 Å². The molecule has 1 unspecified atom stereocenters. The first-order valence-corrected chi connectivity index (χ1v) is 11.8. The average molecular weight is 421 g/mol. The van der Waals surface area contributed by atoms with E-state index in [9.17, 15) is 0 Å². The molecule has 2 heteroatoms. The zero-order valence-corrected chi connectivity index (χ0v) is 21.1. The van der Waals surface area contributed by atoms with Gasteiger partial charge in [0.1, 0.15) is 14.6 Å². The van der Waals surface area contributed by atoms with Crippen LogP contribution in [-0.2, 0) is 16.2 Å². The number of rotatable bonds is 3. The fraction of sp³-hybridized carbons (Fsp3) is 0.429. The fourth-order valence-electron chi connectivity index (χ4n) is 3.71. The Hall–Kier alpha value is -1.85. The Bertz CT molecular complexity index is 1000. The van der Waals surface area contributed by atoms with Crippen molar-refractivity contribution in [2.24, 2.45) is 0 Å². The third-order valence-electron chi connectivity index (χ3n) is 5.62. The predicted molar refractivity (Wildman–Crippen MR) is 135 cm³/mol. The molecule has 1 atom stereocenters. The normalized spacial score (nSPS) is 13.4. The maximum Gasteiger partial charge on any atom is 0.130 e. The van der Waals surface area contributed by atoms with Crippen LogP contribution in [0.3, 0.4) is 0 Å². The van der Waals surface area contributed by atoms with E-state index in [0.29, 0.717) is 0 Å². The second kappa shape index (κ2) is 8.01. The van der Waals surface area contributed by atoms with Gasteiger partial charge in [0, 0.05) is 16.4 Å². The molecule has 0 aliphatic rings. The molecule has 0 aliphatic heterocycles. The summed E-state index contributed by atoms with van der Waals surface area (Å²) in [6.07, 6.45) is 0. The standard InChI is InChI=1S/C28H37OP/c1-26(2,3)20-17-22(27(4,5)6)25(23(18-20)28(7,8)9)29-30-24-16-12-14-19-13-10-11-15-21(19)24/h10-18,30H,1-9H3. The number of hydrogen-bond donors (Lipinski definition) is 0. The highest BCUT2D eigenvalue weighted by atomic mass is 31.1. The Morgan fingerprint density at radius 2 is 1.17 bits per heavy atom. The summed E-state index contributed by atoms with van der Waals surface area (Å²) in [6, 6.07) is 19.8. The van der Waals surface area contributed by atoms with E-state index in [2.05, 4.69) is 117 Å². The van der Waals surface area contributed by atoms with E-state index < -0.39 is 0 Å². The lowest BCUT2D eigenvalue weighted by atomic mass is 9.75. The van der Waals surface area contributed by atoms with Crippen LogP contribution in [0.4, 0.5) is 0 Å². The molecule has 0 saturated carbocycles. The summed E-state index contributed by atoms with van der Waals surface area (Å²) in [5.41, 5.74) is 4.06. The number of hydrogen-bond acceptors (Lipinski definition) is 1. The molecule has 3 rings (SSSR count). The Morgan fingerprint density at radius 1 is 0.633 bits per heavy atom. The first kappa shape index (κ1) is 22.8. The Morgan fingerprint density at radius 3 is 1.70 bits per heavy atom. The van der Waals surface area contributed by atoms with Gasteiger partial charge in [0.25, 0.3) is 0 Å². The predicted octanol–water partition coefficient (Wildman–Crippen LogP) is 8.03. The highest BCUT2D eigenvalue weighted by Crippen LogP contribution is 2.44. The summed E-state index contributed by atoms with van der Waals surface area (Å²) < 4.78 is 6.71. The zero-order chi connectivity index (χ0) is 22.3. The highest BCUT2D eigenvalue weighted by molar-refractivity contribution is 7.43. The smallest absolute Gasteiger partial charge is 0.130 e. The molecule has 0 radical (unpaired) electrons. The van der Waals surface area contributed by atoms with Crippen LogP contribution >= 0.6 is 8.81 Å². The zero-order valence-electron chi connectivity index (χ0n) is 20.1. The van der Waals surface area contributed by atoms with Crippen molar-refractivity contribution >= 4 is 24.9 Å². The average Bonchev–Trinajstić information content (AvgIpc) is 2.63. The second-order valence-electron chi connectivity index (χ2n) is 11.4. The van der Waals surface area contributed by atoms with Crippen molar-refractivity contribution < 1.29 is 4.52 Å². The topological polar surface area (TPSA) is 9.23 Å². The molecule has 1 nitrogen and oxygen atoms in total. The minimum absolute atomic E-state index is 0.000169. The Balaban J connectivity index is 2.14. The quantitative estimate of drug-likeness (QED) is 0.390. The van der Waals surface area contributed by atoms with Crippen LogP contribution < -0.4 is 9.83 Å². The van der Waals surface area contributed by atoms with Gasteiger partial charge in [0.15, 0.2) is 0 Å². The van der Waals surface area contributed by atoms with E-state index in [1.54, 1.807) is 0 Å². The van der Waals surface area contributed by atoms with Gasteiger partial charge in [-0.05, 0) is 32.6 Å². The van der Waals surface area contributed by atoms with E-state index >= 15 is 0 Å². The first-order valence-electron chi connectivity index (χ1n) is 10.9. The molecule has 0 spiro atoms. The molecular formula is C28H37OP. The van der Waals surface area contributed by atoms with Crippen LogP contribution in [0.1, 0.15) is 79.0 Å². The number of fused-ring (bicyclic) bond motifs is 1. The second-order valence-corrected chi connectivity index (χ2v) is 12.3. The molecule has 0 aromatic heterocycles. The lowest BCUT2D eigenvalue weighted by Gasteiger charge is -2.33. The van der Waals surface area contributed by atoms with Crippen molar-refractivity contribution in [2.75, 3.05) is 0 Å². The summed E-state index contributed by atoms with van der Waals surface area (Å²) >= 11 is 0. The van der Waals surface area contributed by atoms with Crippen molar-refractivity contribution in [3.63, 3.8) is 0 Å². The van der Waals surface area contributed by atoms with Crippen LogP contribution in [0.2, 0.25) is 0 Å². The molecule has 0 fully saturated rings. The Labute approximate surface area is 185 Å². The largest absolute Gasteiger partial charge is 0.472 e. The fourth-order valence-corrected chi connectivity index (χ4v) is 4.64. The van der Waals surface area contributed by atoms with E-state index in [0.717, 1.165) is 5.75 Å². The molecular weight excluding hydrogens is 383 g/mol. The van der Waals surface area contributed by atoms with Gasteiger partial charge >= 0.3 is 0 Å². The summed E-state index contributed by atoms with van der Waals surface area (Å²) in [5, 5.41) is 3.80. The molecule has 0 saturated heterocycles. The first-order chi connectivity index (χ1) is 13.8. The van der Waals surface area contributed by atoms with Crippen molar-refractivity contribution in [3.8, 4) is 5.75 Å². The van der Waals surface area contributed by atoms with Crippen molar-refractivity contribution in [1.82, 2.24) is 0 Å². The van der Waals surface area contributed by atoms with Crippen LogP contribution in [-0.4, -0.2) is 0 Å². The summed E-state index contributed by atoms with van der Waals surface area (Å²) in [6.45, 7) is 20.6. The lowest BCUT2D eigenvalue weighted by Crippen LogP contribution is -2.22. The van der Waals surface area contributed by atoms with Crippen molar-refractivity contribution in [1.29, 1.82) is 0 Å². The van der Waals surface area contributed by atoms with Crippen molar-refractivity contribution in [2.45, 2.75) is 78.6 Å². The van der Waals surface area contributed by atoms with Gasteiger partial charge in [-0.2, -0.15) is 0 Å². The van der Waals surface area contributed by atoms with Gasteiger partial charge in [-0.1, -0.05) is 117 Å². The van der Waals surface area contributed by atoms with Crippen LogP contribution in [0.15, 0.2) is 54.6 Å². The van der Waals surface area contributed by atoms with Gasteiger partial charge in [0.2, 0.25) is 0 Å². The molecule has 0 aliphatic carbocycles. The Kier molecular flexibility index (Phi) is 6.09. The van der Waals surface area contributed by atoms with E-state index in [1.807, 2.05) is 0 Å². The van der Waals surface area contributed by atoms with Crippen molar-refractivity contribution in [3.05, 3.63) is 71.3 Å². The third-order valence-corrected chi connectivity index (χ3v) is 6.59. The molecule has 3 aromatic carbocycles. The summed E-state index contributed by atoms with van der Waals surface area (Å²) in [7, 11) is 0.270. The maximum absolute atomic E-state index is 6.71. The maximum atomic E-state index is 6.71. The molecule has 0 bridgehead atoms. The minimum Gasteiger partial charge on any atom is -0.472 e. The van der Waals surface area contributed by atoms with Gasteiger partial charge in [-0.3, -0.25) is 0 Å². The van der Waals surface area contributed by atoms with E-state index in [-0.39, 0.29) is 25.1 Å². The van der Waals surface area contributed by atoms with Gasteiger partial charge < -0.3 is 4.52 Å². The van der Waals surface area contributed by atoms with E-state index in [4.69, 9.17) is 4.52 Å². The SMILES string of the molecule is CC(C)(C)c1cc(C(C)(C)C)c(OPc2cccc3ccccc23)c(C(C)(C)C)c1. The monoisotopic (exact) mass is 420 g/mol. The highest BCUT2D eigenvalue weighted by Gasteiger charge is 2.30. The molecule has 160 valence electrons. The molecule has 30 heavy (non-hydrogen) atoms. The number of benzene rings is 3.